The van der Waals surface area contributed by atoms with Crippen molar-refractivity contribution in [2.24, 2.45) is 0 Å². The van der Waals surface area contributed by atoms with Crippen LogP contribution in [0, 0.1) is 6.92 Å². The van der Waals surface area contributed by atoms with Crippen molar-refractivity contribution in [3.05, 3.63) is 35.4 Å². The molecule has 1 unspecified atom stereocenters. The highest BCUT2D eigenvalue weighted by molar-refractivity contribution is 5.78. The van der Waals surface area contributed by atoms with Crippen molar-refractivity contribution in [3.63, 3.8) is 0 Å². The lowest BCUT2D eigenvalue weighted by Gasteiger charge is -2.37. The van der Waals surface area contributed by atoms with Crippen LogP contribution in [0.3, 0.4) is 0 Å². The molecular formula is C18H26N2O3. The van der Waals surface area contributed by atoms with Crippen molar-refractivity contribution >= 4 is 5.91 Å². The molecule has 2 aliphatic rings. The van der Waals surface area contributed by atoms with Crippen LogP contribution in [0.2, 0.25) is 0 Å². The topological polar surface area (TPSA) is 50.8 Å². The number of hydrogen-bond acceptors (Lipinski definition) is 4. The summed E-state index contributed by atoms with van der Waals surface area (Å²) in [5.41, 5.74) is 2.37. The van der Waals surface area contributed by atoms with E-state index in [0.29, 0.717) is 19.7 Å². The van der Waals surface area contributed by atoms with Crippen molar-refractivity contribution in [2.45, 2.75) is 45.1 Å². The number of likely N-dealkylation sites (tertiary alicyclic amines) is 1. The molecule has 2 saturated heterocycles. The van der Waals surface area contributed by atoms with Gasteiger partial charge in [0.2, 0.25) is 5.91 Å². The summed E-state index contributed by atoms with van der Waals surface area (Å²) in [5.74, 6) is -0.320. The van der Waals surface area contributed by atoms with Gasteiger partial charge in [-0.1, -0.05) is 24.3 Å². The van der Waals surface area contributed by atoms with Gasteiger partial charge < -0.3 is 14.8 Å². The van der Waals surface area contributed by atoms with E-state index in [9.17, 15) is 4.79 Å². The third-order valence-electron chi connectivity index (χ3n) is 4.72. The van der Waals surface area contributed by atoms with Crippen molar-refractivity contribution in [3.8, 4) is 0 Å². The van der Waals surface area contributed by atoms with Crippen molar-refractivity contribution in [2.75, 3.05) is 26.2 Å². The number of aryl methyl sites for hydroxylation is 1. The molecule has 2 aliphatic heterocycles. The molecule has 1 atom stereocenters. The molecule has 0 aliphatic carbocycles. The summed E-state index contributed by atoms with van der Waals surface area (Å²) in [7, 11) is 0. The number of benzene rings is 1. The fraction of sp³-hybridized carbons (Fsp3) is 0.611. The Morgan fingerprint density at radius 1 is 1.35 bits per heavy atom. The van der Waals surface area contributed by atoms with Crippen LogP contribution in [0.15, 0.2) is 24.3 Å². The van der Waals surface area contributed by atoms with E-state index in [0.717, 1.165) is 25.9 Å². The molecule has 2 heterocycles. The third kappa shape index (κ3) is 4.10. The van der Waals surface area contributed by atoms with Crippen LogP contribution >= 0.6 is 0 Å². The SMILES string of the molecule is Cc1ccccc1CNC(=O)CN1CCC2(CC1)OCC(C)O2. The van der Waals surface area contributed by atoms with Crippen LogP contribution in [0.25, 0.3) is 0 Å². The minimum Gasteiger partial charge on any atom is -0.351 e. The molecule has 0 bridgehead atoms. The van der Waals surface area contributed by atoms with Gasteiger partial charge in [0.15, 0.2) is 5.79 Å². The van der Waals surface area contributed by atoms with Gasteiger partial charge in [-0.25, -0.2) is 0 Å². The zero-order valence-electron chi connectivity index (χ0n) is 14.0. The van der Waals surface area contributed by atoms with Crippen LogP contribution < -0.4 is 5.32 Å². The average molecular weight is 318 g/mol. The van der Waals surface area contributed by atoms with Crippen molar-refractivity contribution in [1.82, 2.24) is 10.2 Å². The molecule has 0 aromatic heterocycles. The van der Waals surface area contributed by atoms with Gasteiger partial charge in [-0.05, 0) is 25.0 Å². The third-order valence-corrected chi connectivity index (χ3v) is 4.72. The summed E-state index contributed by atoms with van der Waals surface area (Å²) >= 11 is 0. The Kier molecular flexibility index (Phi) is 4.99. The molecule has 1 aromatic carbocycles. The first-order valence-electron chi connectivity index (χ1n) is 8.42. The molecule has 5 nitrogen and oxygen atoms in total. The molecule has 1 spiro atoms. The normalized spacial score (nSPS) is 24.0. The number of carbonyl (C=O) groups is 1. The second kappa shape index (κ2) is 6.99. The largest absolute Gasteiger partial charge is 0.351 e. The fourth-order valence-corrected chi connectivity index (χ4v) is 3.28. The minimum atomic E-state index is -0.395. The summed E-state index contributed by atoms with van der Waals surface area (Å²) in [6.07, 6.45) is 1.85. The van der Waals surface area contributed by atoms with Crippen LogP contribution in [0.4, 0.5) is 0 Å². The number of carbonyl (C=O) groups excluding carboxylic acids is 1. The Morgan fingerprint density at radius 3 is 2.74 bits per heavy atom. The maximum atomic E-state index is 12.1. The number of piperidine rings is 1. The summed E-state index contributed by atoms with van der Waals surface area (Å²) in [6.45, 7) is 7.49. The smallest absolute Gasteiger partial charge is 0.234 e. The minimum absolute atomic E-state index is 0.0748. The Balaban J connectivity index is 1.42. The van der Waals surface area contributed by atoms with Crippen molar-refractivity contribution < 1.29 is 14.3 Å². The first-order valence-corrected chi connectivity index (χ1v) is 8.42. The zero-order valence-corrected chi connectivity index (χ0v) is 14.0. The molecule has 0 radical (unpaired) electrons. The zero-order chi connectivity index (χ0) is 16.3. The quantitative estimate of drug-likeness (QED) is 0.920. The maximum absolute atomic E-state index is 12.1. The number of amides is 1. The molecule has 3 rings (SSSR count). The van der Waals surface area contributed by atoms with E-state index in [2.05, 4.69) is 29.3 Å². The number of nitrogens with one attached hydrogen (secondary N) is 1. The molecule has 1 N–H and O–H groups in total. The molecule has 0 saturated carbocycles. The summed E-state index contributed by atoms with van der Waals surface area (Å²) in [4.78, 5) is 14.3. The molecule has 5 heteroatoms. The number of rotatable bonds is 4. The predicted octanol–water partition coefficient (Wildman–Crippen LogP) is 1.84. The van der Waals surface area contributed by atoms with E-state index < -0.39 is 5.79 Å². The van der Waals surface area contributed by atoms with Crippen molar-refractivity contribution in [1.29, 1.82) is 0 Å². The van der Waals surface area contributed by atoms with Crippen LogP contribution in [-0.2, 0) is 20.8 Å². The van der Waals surface area contributed by atoms with Gasteiger partial charge in [-0.2, -0.15) is 0 Å². The second-order valence-corrected chi connectivity index (χ2v) is 6.63. The molecule has 1 amide bonds. The highest BCUT2D eigenvalue weighted by atomic mass is 16.7. The maximum Gasteiger partial charge on any atom is 0.234 e. The average Bonchev–Trinajstić information content (AvgIpc) is 2.90. The van der Waals surface area contributed by atoms with Crippen LogP contribution in [-0.4, -0.2) is 48.9 Å². The van der Waals surface area contributed by atoms with E-state index in [1.165, 1.54) is 11.1 Å². The predicted molar refractivity (Wildman–Crippen MR) is 87.9 cm³/mol. The Labute approximate surface area is 137 Å². The van der Waals surface area contributed by atoms with Gasteiger partial charge in [0.1, 0.15) is 0 Å². The second-order valence-electron chi connectivity index (χ2n) is 6.63. The Hall–Kier alpha value is -1.43. The van der Waals surface area contributed by atoms with Gasteiger partial charge in [0.25, 0.3) is 0 Å². The molecule has 2 fully saturated rings. The first-order chi connectivity index (χ1) is 11.1. The van der Waals surface area contributed by atoms with E-state index >= 15 is 0 Å². The van der Waals surface area contributed by atoms with E-state index in [-0.39, 0.29) is 12.0 Å². The Morgan fingerprint density at radius 2 is 2.09 bits per heavy atom. The summed E-state index contributed by atoms with van der Waals surface area (Å²) in [5, 5.41) is 3.01. The van der Waals surface area contributed by atoms with Gasteiger partial charge in [0, 0.05) is 32.5 Å². The van der Waals surface area contributed by atoms with Crippen LogP contribution in [0.1, 0.15) is 30.9 Å². The summed E-state index contributed by atoms with van der Waals surface area (Å²) in [6, 6.07) is 8.13. The summed E-state index contributed by atoms with van der Waals surface area (Å²) < 4.78 is 11.7. The van der Waals surface area contributed by atoms with Gasteiger partial charge in [-0.15, -0.1) is 0 Å². The Bertz CT molecular complexity index is 553. The van der Waals surface area contributed by atoms with Gasteiger partial charge >= 0.3 is 0 Å². The number of ether oxygens (including phenoxy) is 2. The fourth-order valence-electron chi connectivity index (χ4n) is 3.28. The number of nitrogens with zero attached hydrogens (tertiary/aromatic N) is 1. The monoisotopic (exact) mass is 318 g/mol. The van der Waals surface area contributed by atoms with Gasteiger partial charge in [0.05, 0.1) is 19.3 Å². The van der Waals surface area contributed by atoms with Gasteiger partial charge in [-0.3, -0.25) is 9.69 Å². The first kappa shape index (κ1) is 16.4. The molecular weight excluding hydrogens is 292 g/mol. The molecule has 23 heavy (non-hydrogen) atoms. The lowest BCUT2D eigenvalue weighted by molar-refractivity contribution is -0.193. The van der Waals surface area contributed by atoms with E-state index in [1.54, 1.807) is 0 Å². The van der Waals surface area contributed by atoms with Crippen LogP contribution in [0.5, 0.6) is 0 Å². The highest BCUT2D eigenvalue weighted by Crippen LogP contribution is 2.33. The standard InChI is InChI=1S/C18H26N2O3/c1-14-5-3-4-6-16(14)11-19-17(21)12-20-9-7-18(8-10-20)22-13-15(2)23-18/h3-6,15H,7-13H2,1-2H3,(H,19,21). The highest BCUT2D eigenvalue weighted by Gasteiger charge is 2.42. The van der Waals surface area contributed by atoms with E-state index in [4.69, 9.17) is 9.47 Å². The lowest BCUT2D eigenvalue weighted by Crippen LogP contribution is -2.48. The molecule has 1 aromatic rings. The lowest BCUT2D eigenvalue weighted by atomic mass is 10.0. The molecule has 126 valence electrons. The number of hydrogen-bond donors (Lipinski definition) is 1. The van der Waals surface area contributed by atoms with E-state index in [1.807, 2.05) is 19.1 Å².